The summed E-state index contributed by atoms with van der Waals surface area (Å²) in [5, 5.41) is 16.1. The van der Waals surface area contributed by atoms with E-state index in [-0.39, 0.29) is 30.1 Å². The van der Waals surface area contributed by atoms with Gasteiger partial charge in [0.25, 0.3) is 0 Å². The van der Waals surface area contributed by atoms with Gasteiger partial charge in [-0.05, 0) is 30.2 Å². The van der Waals surface area contributed by atoms with E-state index in [4.69, 9.17) is 11.1 Å². The van der Waals surface area contributed by atoms with Crippen LogP contribution in [0.1, 0.15) is 25.1 Å². The molecular weight excluding hydrogens is 368 g/mol. The molecular formula is C21H28N6O2. The molecule has 0 aliphatic carbocycles. The molecule has 2 amide bonds. The third-order valence-corrected chi connectivity index (χ3v) is 4.30. The average molecular weight is 396 g/mol. The van der Waals surface area contributed by atoms with Crippen LogP contribution < -0.4 is 21.7 Å². The van der Waals surface area contributed by atoms with Gasteiger partial charge in [-0.2, -0.15) is 0 Å². The van der Waals surface area contributed by atoms with Crippen LogP contribution in [0.4, 0.5) is 5.69 Å². The predicted octanol–water partition coefficient (Wildman–Crippen LogP) is 1.28. The molecule has 0 fully saturated rings. The highest BCUT2D eigenvalue weighted by molar-refractivity contribution is 5.96. The van der Waals surface area contributed by atoms with Crippen LogP contribution in [-0.2, 0) is 16.0 Å². The molecule has 2 rings (SSSR count). The number of amidine groups is 1. The van der Waals surface area contributed by atoms with Gasteiger partial charge in [0.15, 0.2) is 0 Å². The largest absolute Gasteiger partial charge is 0.384 e. The molecule has 29 heavy (non-hydrogen) atoms. The normalized spacial score (nSPS) is 11.6. The molecule has 0 aliphatic heterocycles. The number of nitrogens with one attached hydrogen (secondary N) is 4. The number of pyridine rings is 1. The summed E-state index contributed by atoms with van der Waals surface area (Å²) in [6.07, 6.45) is 2.34. The van der Waals surface area contributed by atoms with Crippen molar-refractivity contribution in [2.45, 2.75) is 26.3 Å². The van der Waals surface area contributed by atoms with Gasteiger partial charge in [0.1, 0.15) is 11.9 Å². The second-order valence-corrected chi connectivity index (χ2v) is 7.00. The number of carbonyl (C=O) groups is 2. The number of hydrogen-bond acceptors (Lipinski definition) is 5. The maximum atomic E-state index is 12.5. The van der Waals surface area contributed by atoms with Crippen LogP contribution >= 0.6 is 0 Å². The Hall–Kier alpha value is -3.42. The van der Waals surface area contributed by atoms with E-state index in [0.29, 0.717) is 24.2 Å². The Balaban J connectivity index is 1.83. The summed E-state index contributed by atoms with van der Waals surface area (Å²) < 4.78 is 0. The lowest BCUT2D eigenvalue weighted by Gasteiger charge is -2.22. The molecule has 1 aromatic carbocycles. The minimum Gasteiger partial charge on any atom is -0.384 e. The van der Waals surface area contributed by atoms with E-state index >= 15 is 0 Å². The smallest absolute Gasteiger partial charge is 0.242 e. The van der Waals surface area contributed by atoms with E-state index in [1.54, 1.807) is 30.5 Å². The van der Waals surface area contributed by atoms with E-state index in [9.17, 15) is 9.59 Å². The number of amides is 2. The van der Waals surface area contributed by atoms with Crippen molar-refractivity contribution in [3.8, 4) is 0 Å². The Morgan fingerprint density at radius 2 is 1.97 bits per heavy atom. The molecule has 1 aromatic heterocycles. The van der Waals surface area contributed by atoms with Gasteiger partial charge in [0.05, 0.1) is 6.54 Å². The number of nitrogen functional groups attached to an aromatic ring is 1. The zero-order chi connectivity index (χ0) is 21.2. The lowest BCUT2D eigenvalue weighted by Crippen LogP contribution is -2.51. The van der Waals surface area contributed by atoms with E-state index < -0.39 is 6.04 Å². The zero-order valence-electron chi connectivity index (χ0n) is 16.7. The summed E-state index contributed by atoms with van der Waals surface area (Å²) in [4.78, 5) is 29.0. The maximum absolute atomic E-state index is 12.5. The lowest BCUT2D eigenvalue weighted by molar-refractivity contribution is -0.129. The summed E-state index contributed by atoms with van der Waals surface area (Å²) in [6.45, 7) is 4.22. The molecule has 0 saturated carbocycles. The fourth-order valence-corrected chi connectivity index (χ4v) is 2.71. The van der Waals surface area contributed by atoms with Crippen molar-refractivity contribution in [1.82, 2.24) is 15.6 Å². The number of nitrogens with zero attached hydrogens (tertiary/aromatic N) is 1. The minimum absolute atomic E-state index is 0.00575. The predicted molar refractivity (Wildman–Crippen MR) is 114 cm³/mol. The first-order chi connectivity index (χ1) is 13.9. The van der Waals surface area contributed by atoms with Crippen LogP contribution in [0.25, 0.3) is 0 Å². The van der Waals surface area contributed by atoms with Crippen molar-refractivity contribution in [1.29, 1.82) is 5.41 Å². The van der Waals surface area contributed by atoms with Crippen LogP contribution in [0.5, 0.6) is 0 Å². The number of anilines is 1. The van der Waals surface area contributed by atoms with E-state index in [1.165, 1.54) is 0 Å². The van der Waals surface area contributed by atoms with E-state index in [0.717, 1.165) is 5.69 Å². The van der Waals surface area contributed by atoms with Crippen LogP contribution in [0.2, 0.25) is 0 Å². The Labute approximate surface area is 170 Å². The van der Waals surface area contributed by atoms with Gasteiger partial charge in [0, 0.05) is 36.1 Å². The van der Waals surface area contributed by atoms with Gasteiger partial charge >= 0.3 is 0 Å². The Bertz CT molecular complexity index is 838. The molecule has 154 valence electrons. The van der Waals surface area contributed by atoms with Crippen LogP contribution in [0.3, 0.4) is 0 Å². The maximum Gasteiger partial charge on any atom is 0.242 e. The van der Waals surface area contributed by atoms with Crippen molar-refractivity contribution >= 4 is 23.3 Å². The minimum atomic E-state index is -0.628. The fourth-order valence-electron chi connectivity index (χ4n) is 2.71. The number of aromatic nitrogens is 1. The highest BCUT2D eigenvalue weighted by Crippen LogP contribution is 2.10. The van der Waals surface area contributed by atoms with Gasteiger partial charge < -0.3 is 21.7 Å². The van der Waals surface area contributed by atoms with Crippen molar-refractivity contribution in [2.24, 2.45) is 11.7 Å². The zero-order valence-corrected chi connectivity index (χ0v) is 16.7. The average Bonchev–Trinajstić information content (AvgIpc) is 2.71. The molecule has 0 spiro atoms. The number of rotatable bonds is 10. The molecule has 0 bridgehead atoms. The molecule has 1 atom stereocenters. The second-order valence-electron chi connectivity index (χ2n) is 7.00. The Kier molecular flexibility index (Phi) is 8.14. The van der Waals surface area contributed by atoms with Crippen molar-refractivity contribution < 1.29 is 9.59 Å². The molecule has 0 aliphatic rings. The Morgan fingerprint density at radius 3 is 2.62 bits per heavy atom. The third kappa shape index (κ3) is 7.25. The molecule has 2 aromatic rings. The van der Waals surface area contributed by atoms with Crippen LogP contribution in [0.15, 0.2) is 48.7 Å². The third-order valence-electron chi connectivity index (χ3n) is 4.30. The SMILES string of the molecule is CC(C)C(NC(=O)CNc1cccc(C(=N)N)c1)C(=O)NCCc1ccccn1. The van der Waals surface area contributed by atoms with E-state index in [1.807, 2.05) is 32.0 Å². The topological polar surface area (TPSA) is 133 Å². The van der Waals surface area contributed by atoms with Gasteiger partial charge in [0.2, 0.25) is 11.8 Å². The monoisotopic (exact) mass is 396 g/mol. The highest BCUT2D eigenvalue weighted by atomic mass is 16.2. The first-order valence-electron chi connectivity index (χ1n) is 9.52. The summed E-state index contributed by atoms with van der Waals surface area (Å²) in [6, 6.07) is 12.0. The fraction of sp³-hybridized carbons (Fsp3) is 0.333. The van der Waals surface area contributed by atoms with Crippen LogP contribution in [-0.4, -0.2) is 41.8 Å². The van der Waals surface area contributed by atoms with Crippen molar-refractivity contribution in [3.63, 3.8) is 0 Å². The molecule has 1 unspecified atom stereocenters. The summed E-state index contributed by atoms with van der Waals surface area (Å²) in [5.41, 5.74) is 7.62. The summed E-state index contributed by atoms with van der Waals surface area (Å²) >= 11 is 0. The first-order valence-corrected chi connectivity index (χ1v) is 9.52. The molecule has 8 heteroatoms. The van der Waals surface area contributed by atoms with Crippen LogP contribution in [0, 0.1) is 11.3 Å². The number of nitrogens with two attached hydrogens (primary N) is 1. The summed E-state index contributed by atoms with van der Waals surface area (Å²) in [7, 11) is 0. The highest BCUT2D eigenvalue weighted by Gasteiger charge is 2.23. The lowest BCUT2D eigenvalue weighted by atomic mass is 10.0. The molecule has 0 saturated heterocycles. The second kappa shape index (κ2) is 10.8. The molecule has 8 nitrogen and oxygen atoms in total. The van der Waals surface area contributed by atoms with Crippen molar-refractivity contribution in [2.75, 3.05) is 18.4 Å². The van der Waals surface area contributed by atoms with Crippen molar-refractivity contribution in [3.05, 3.63) is 59.9 Å². The van der Waals surface area contributed by atoms with Gasteiger partial charge in [-0.3, -0.25) is 20.0 Å². The number of carbonyl (C=O) groups excluding carboxylic acids is 2. The van der Waals surface area contributed by atoms with Gasteiger partial charge in [-0.1, -0.05) is 32.0 Å². The molecule has 6 N–H and O–H groups in total. The number of hydrogen-bond donors (Lipinski definition) is 5. The Morgan fingerprint density at radius 1 is 1.17 bits per heavy atom. The van der Waals surface area contributed by atoms with E-state index in [2.05, 4.69) is 20.9 Å². The molecule has 1 heterocycles. The first kappa shape index (κ1) is 21.9. The number of benzene rings is 1. The standard InChI is InChI=1S/C21H28N6O2/c1-14(2)19(21(29)25-11-9-16-7-3-4-10-24-16)27-18(28)13-26-17-8-5-6-15(12-17)20(22)23/h3-8,10,12,14,19,26H,9,11,13H2,1-2H3,(H3,22,23)(H,25,29)(H,27,28). The quantitative estimate of drug-likeness (QED) is 0.305. The van der Waals surface area contributed by atoms with Gasteiger partial charge in [-0.15, -0.1) is 0 Å². The van der Waals surface area contributed by atoms with Gasteiger partial charge in [-0.25, -0.2) is 0 Å². The summed E-state index contributed by atoms with van der Waals surface area (Å²) in [5.74, 6) is -0.616. The molecule has 0 radical (unpaired) electrons.